The first-order valence-corrected chi connectivity index (χ1v) is 9.41. The van der Waals surface area contributed by atoms with E-state index in [1.165, 1.54) is 6.42 Å². The van der Waals surface area contributed by atoms with Crippen LogP contribution in [0.1, 0.15) is 38.2 Å². The minimum atomic E-state index is 0.0835. The second kappa shape index (κ2) is 8.00. The molecule has 136 valence electrons. The van der Waals surface area contributed by atoms with Crippen LogP contribution in [0.5, 0.6) is 0 Å². The Hall–Kier alpha value is -1.88. The van der Waals surface area contributed by atoms with E-state index < -0.39 is 0 Å². The number of hydrogen-bond acceptors (Lipinski definition) is 3. The molecule has 1 N–H and O–H groups in total. The van der Waals surface area contributed by atoms with E-state index in [4.69, 9.17) is 0 Å². The normalized spacial score (nSPS) is 24.5. The molecule has 25 heavy (non-hydrogen) atoms. The molecule has 0 aliphatic carbocycles. The number of hydrogen-bond donors (Lipinski definition) is 1. The van der Waals surface area contributed by atoms with Crippen LogP contribution in [-0.4, -0.2) is 54.3 Å². The molecule has 0 bridgehead atoms. The van der Waals surface area contributed by atoms with Crippen molar-refractivity contribution in [2.75, 3.05) is 32.7 Å². The van der Waals surface area contributed by atoms with Crippen molar-refractivity contribution >= 4 is 11.8 Å². The summed E-state index contributed by atoms with van der Waals surface area (Å²) in [6.07, 6.45) is 3.89. The number of likely N-dealkylation sites (tertiary alicyclic amines) is 2. The molecule has 2 saturated heterocycles. The van der Waals surface area contributed by atoms with E-state index in [0.717, 1.165) is 44.6 Å². The van der Waals surface area contributed by atoms with Crippen molar-refractivity contribution in [3.05, 3.63) is 35.9 Å². The van der Waals surface area contributed by atoms with Crippen molar-refractivity contribution in [3.8, 4) is 0 Å². The van der Waals surface area contributed by atoms with Gasteiger partial charge in [-0.05, 0) is 38.3 Å². The zero-order chi connectivity index (χ0) is 17.7. The Labute approximate surface area is 150 Å². The first kappa shape index (κ1) is 17.9. The Kier molecular flexibility index (Phi) is 5.74. The molecule has 2 amide bonds. The third kappa shape index (κ3) is 4.60. The first-order valence-electron chi connectivity index (χ1n) is 9.41. The standard InChI is InChI=1S/C20H29N3O2/c1-2-23-16-20(11-9-19(23)25)10-6-12-22(15-20)14-18(24)21-13-17-7-4-3-5-8-17/h3-5,7-8H,2,6,9-16H2,1H3,(H,21,24)/t20-/m1/s1. The molecule has 2 aliphatic rings. The Bertz CT molecular complexity index is 604. The molecule has 0 radical (unpaired) electrons. The van der Waals surface area contributed by atoms with Crippen LogP contribution in [0.3, 0.4) is 0 Å². The van der Waals surface area contributed by atoms with Gasteiger partial charge in [-0.3, -0.25) is 14.5 Å². The molecule has 0 saturated carbocycles. The summed E-state index contributed by atoms with van der Waals surface area (Å²) in [5.41, 5.74) is 1.30. The highest BCUT2D eigenvalue weighted by Crippen LogP contribution is 2.38. The lowest BCUT2D eigenvalue weighted by molar-refractivity contribution is -0.139. The Balaban J connectivity index is 1.51. The summed E-state index contributed by atoms with van der Waals surface area (Å²) in [7, 11) is 0. The zero-order valence-corrected chi connectivity index (χ0v) is 15.2. The fourth-order valence-corrected chi connectivity index (χ4v) is 4.22. The summed E-state index contributed by atoms with van der Waals surface area (Å²) in [6.45, 7) is 6.62. The average molecular weight is 343 g/mol. The number of amides is 2. The molecule has 3 rings (SSSR count). The van der Waals surface area contributed by atoms with Crippen molar-refractivity contribution in [1.29, 1.82) is 0 Å². The third-order valence-corrected chi connectivity index (χ3v) is 5.57. The molecule has 0 unspecified atom stereocenters. The number of benzene rings is 1. The summed E-state index contributed by atoms with van der Waals surface area (Å²) in [5, 5.41) is 3.02. The highest BCUT2D eigenvalue weighted by atomic mass is 16.2. The number of carbonyl (C=O) groups excluding carboxylic acids is 2. The molecular weight excluding hydrogens is 314 g/mol. The van der Waals surface area contributed by atoms with Crippen LogP contribution in [0.25, 0.3) is 0 Å². The molecule has 1 aromatic carbocycles. The highest BCUT2D eigenvalue weighted by molar-refractivity contribution is 5.78. The molecular formula is C20H29N3O2. The van der Waals surface area contributed by atoms with Crippen molar-refractivity contribution in [2.45, 2.75) is 39.2 Å². The molecule has 0 aromatic heterocycles. The number of rotatable bonds is 5. The number of carbonyl (C=O) groups is 2. The van der Waals surface area contributed by atoms with Crippen LogP contribution in [0.15, 0.2) is 30.3 Å². The third-order valence-electron chi connectivity index (χ3n) is 5.57. The van der Waals surface area contributed by atoms with Crippen LogP contribution >= 0.6 is 0 Å². The second-order valence-electron chi connectivity index (χ2n) is 7.48. The molecule has 2 heterocycles. The van der Waals surface area contributed by atoms with Gasteiger partial charge in [0.15, 0.2) is 0 Å². The maximum Gasteiger partial charge on any atom is 0.234 e. The van der Waals surface area contributed by atoms with Gasteiger partial charge in [0.05, 0.1) is 6.54 Å². The van der Waals surface area contributed by atoms with Crippen molar-refractivity contribution in [2.24, 2.45) is 5.41 Å². The molecule has 5 nitrogen and oxygen atoms in total. The molecule has 1 spiro atoms. The summed E-state index contributed by atoms with van der Waals surface area (Å²) in [5.74, 6) is 0.367. The molecule has 2 aliphatic heterocycles. The van der Waals surface area contributed by atoms with E-state index in [1.807, 2.05) is 35.2 Å². The lowest BCUT2D eigenvalue weighted by Crippen LogP contribution is -2.55. The topological polar surface area (TPSA) is 52.6 Å². The van der Waals surface area contributed by atoms with Crippen molar-refractivity contribution < 1.29 is 9.59 Å². The molecule has 1 atom stereocenters. The Morgan fingerprint density at radius 2 is 2.00 bits per heavy atom. The van der Waals surface area contributed by atoms with Gasteiger partial charge < -0.3 is 10.2 Å². The lowest BCUT2D eigenvalue weighted by atomic mass is 9.73. The second-order valence-corrected chi connectivity index (χ2v) is 7.48. The smallest absolute Gasteiger partial charge is 0.234 e. The summed E-state index contributed by atoms with van der Waals surface area (Å²) < 4.78 is 0. The van der Waals surface area contributed by atoms with E-state index >= 15 is 0 Å². The fourth-order valence-electron chi connectivity index (χ4n) is 4.22. The quantitative estimate of drug-likeness (QED) is 0.890. The van der Waals surface area contributed by atoms with E-state index in [0.29, 0.717) is 19.5 Å². The van der Waals surface area contributed by atoms with Gasteiger partial charge in [0.25, 0.3) is 0 Å². The average Bonchev–Trinajstić information content (AvgIpc) is 2.63. The summed E-state index contributed by atoms with van der Waals surface area (Å²) >= 11 is 0. The van der Waals surface area contributed by atoms with Gasteiger partial charge >= 0.3 is 0 Å². The van der Waals surface area contributed by atoms with Gasteiger partial charge in [-0.1, -0.05) is 30.3 Å². The van der Waals surface area contributed by atoms with E-state index in [2.05, 4.69) is 17.1 Å². The maximum atomic E-state index is 12.3. The Morgan fingerprint density at radius 3 is 2.76 bits per heavy atom. The minimum Gasteiger partial charge on any atom is -0.351 e. The lowest BCUT2D eigenvalue weighted by Gasteiger charge is -2.48. The van der Waals surface area contributed by atoms with Crippen LogP contribution in [0.2, 0.25) is 0 Å². The summed E-state index contributed by atoms with van der Waals surface area (Å²) in [4.78, 5) is 28.5. The monoisotopic (exact) mass is 343 g/mol. The van der Waals surface area contributed by atoms with E-state index in [-0.39, 0.29) is 17.2 Å². The van der Waals surface area contributed by atoms with Gasteiger partial charge in [-0.15, -0.1) is 0 Å². The predicted molar refractivity (Wildman–Crippen MR) is 97.9 cm³/mol. The fraction of sp³-hybridized carbons (Fsp3) is 0.600. The number of nitrogens with one attached hydrogen (secondary N) is 1. The summed E-state index contributed by atoms with van der Waals surface area (Å²) in [6, 6.07) is 10.00. The molecule has 5 heteroatoms. The van der Waals surface area contributed by atoms with Crippen molar-refractivity contribution in [3.63, 3.8) is 0 Å². The first-order chi connectivity index (χ1) is 12.1. The highest BCUT2D eigenvalue weighted by Gasteiger charge is 2.41. The van der Waals surface area contributed by atoms with Crippen LogP contribution in [0, 0.1) is 5.41 Å². The predicted octanol–water partition coefficient (Wildman–Crippen LogP) is 2.03. The van der Waals surface area contributed by atoms with E-state index in [1.54, 1.807) is 0 Å². The molecule has 2 fully saturated rings. The van der Waals surface area contributed by atoms with Crippen LogP contribution in [0.4, 0.5) is 0 Å². The number of piperidine rings is 2. The number of nitrogens with zero attached hydrogens (tertiary/aromatic N) is 2. The van der Waals surface area contributed by atoms with Gasteiger partial charge in [0.1, 0.15) is 0 Å². The van der Waals surface area contributed by atoms with Gasteiger partial charge in [-0.2, -0.15) is 0 Å². The van der Waals surface area contributed by atoms with Gasteiger partial charge in [0.2, 0.25) is 11.8 Å². The SMILES string of the molecule is CCN1C[C@]2(CCCN(CC(=O)NCc3ccccc3)C2)CCC1=O. The van der Waals surface area contributed by atoms with E-state index in [9.17, 15) is 9.59 Å². The van der Waals surface area contributed by atoms with Crippen LogP contribution < -0.4 is 5.32 Å². The maximum absolute atomic E-state index is 12.3. The van der Waals surface area contributed by atoms with Gasteiger partial charge in [-0.25, -0.2) is 0 Å². The molecule has 1 aromatic rings. The van der Waals surface area contributed by atoms with Crippen LogP contribution in [-0.2, 0) is 16.1 Å². The largest absolute Gasteiger partial charge is 0.351 e. The van der Waals surface area contributed by atoms with Crippen molar-refractivity contribution in [1.82, 2.24) is 15.1 Å². The van der Waals surface area contributed by atoms with Gasteiger partial charge in [0, 0.05) is 38.0 Å². The zero-order valence-electron chi connectivity index (χ0n) is 15.2. The minimum absolute atomic E-state index is 0.0835. The Morgan fingerprint density at radius 1 is 1.20 bits per heavy atom.